The number of nitrogens with one attached hydrogen (secondary N) is 1. The lowest BCUT2D eigenvalue weighted by atomic mass is 10.0. The van der Waals surface area contributed by atoms with Crippen molar-refractivity contribution in [3.8, 4) is 0 Å². The van der Waals surface area contributed by atoms with Crippen molar-refractivity contribution >= 4 is 34.3 Å². The van der Waals surface area contributed by atoms with E-state index in [0.29, 0.717) is 22.0 Å². The van der Waals surface area contributed by atoms with Gasteiger partial charge in [-0.15, -0.1) is 0 Å². The van der Waals surface area contributed by atoms with Crippen LogP contribution in [0.25, 0.3) is 10.9 Å². The third kappa shape index (κ3) is 4.59. The van der Waals surface area contributed by atoms with Gasteiger partial charge >= 0.3 is 0 Å². The first-order chi connectivity index (χ1) is 14.3. The molecule has 0 bridgehead atoms. The van der Waals surface area contributed by atoms with E-state index in [4.69, 9.17) is 4.98 Å². The smallest absolute Gasteiger partial charge is 0.262 e. The Labute approximate surface area is 181 Å². The Bertz CT molecular complexity index is 1110. The highest BCUT2D eigenvalue weighted by molar-refractivity contribution is 8.00. The number of nitrogens with zero attached hydrogens (tertiary/aromatic N) is 2. The first-order valence-corrected chi connectivity index (χ1v) is 11.3. The lowest BCUT2D eigenvalue weighted by Gasteiger charge is -2.20. The third-order valence-electron chi connectivity index (χ3n) is 5.30. The summed E-state index contributed by atoms with van der Waals surface area (Å²) in [5.41, 5.74) is 2.52. The first kappa shape index (κ1) is 22.1. The minimum Gasteiger partial charge on any atom is -0.325 e. The summed E-state index contributed by atoms with van der Waals surface area (Å²) in [4.78, 5) is 30.8. The average molecular weight is 424 g/mol. The Morgan fingerprint density at radius 2 is 1.73 bits per heavy atom. The van der Waals surface area contributed by atoms with E-state index in [1.54, 1.807) is 10.6 Å². The van der Waals surface area contributed by atoms with Gasteiger partial charge in [-0.2, -0.15) is 0 Å². The van der Waals surface area contributed by atoms with E-state index < -0.39 is 5.25 Å². The van der Waals surface area contributed by atoms with Gasteiger partial charge in [0.05, 0.1) is 16.2 Å². The Kier molecular flexibility index (Phi) is 6.98. The molecule has 2 unspecified atom stereocenters. The lowest BCUT2D eigenvalue weighted by Crippen LogP contribution is -2.28. The number of amides is 1. The molecule has 1 amide bonds. The SMILES string of the molecule is CCC(C)n1c(SC(C)C(=O)Nc2ccccc2C(C)C)nc2ccccc2c1=O. The molecular weight excluding hydrogens is 394 g/mol. The summed E-state index contributed by atoms with van der Waals surface area (Å²) < 4.78 is 1.72. The van der Waals surface area contributed by atoms with Gasteiger partial charge in [0.1, 0.15) is 0 Å². The zero-order valence-electron chi connectivity index (χ0n) is 18.2. The predicted octanol–water partition coefficient (Wildman–Crippen LogP) is 5.61. The number of carbonyl (C=O) groups is 1. The number of anilines is 1. The number of hydrogen-bond acceptors (Lipinski definition) is 4. The zero-order chi connectivity index (χ0) is 21.8. The summed E-state index contributed by atoms with van der Waals surface area (Å²) in [5, 5.41) is 3.82. The van der Waals surface area contributed by atoms with Crippen molar-refractivity contribution in [1.82, 2.24) is 9.55 Å². The molecule has 0 saturated heterocycles. The summed E-state index contributed by atoms with van der Waals surface area (Å²) in [7, 11) is 0. The van der Waals surface area contributed by atoms with Crippen molar-refractivity contribution in [2.24, 2.45) is 0 Å². The van der Waals surface area contributed by atoms with Crippen LogP contribution in [0, 0.1) is 0 Å². The van der Waals surface area contributed by atoms with Crippen molar-refractivity contribution in [1.29, 1.82) is 0 Å². The fourth-order valence-electron chi connectivity index (χ4n) is 3.34. The van der Waals surface area contributed by atoms with E-state index in [9.17, 15) is 9.59 Å². The molecule has 3 aromatic rings. The van der Waals surface area contributed by atoms with Crippen LogP contribution >= 0.6 is 11.8 Å². The monoisotopic (exact) mass is 423 g/mol. The molecule has 5 nitrogen and oxygen atoms in total. The van der Waals surface area contributed by atoms with Crippen molar-refractivity contribution < 1.29 is 4.79 Å². The van der Waals surface area contributed by atoms with Gasteiger partial charge in [0.2, 0.25) is 5.91 Å². The van der Waals surface area contributed by atoms with E-state index in [1.165, 1.54) is 11.8 Å². The van der Waals surface area contributed by atoms with Gasteiger partial charge in [-0.3, -0.25) is 14.2 Å². The van der Waals surface area contributed by atoms with Gasteiger partial charge in [0.25, 0.3) is 5.56 Å². The number of aromatic nitrogens is 2. The number of benzene rings is 2. The second-order valence-electron chi connectivity index (χ2n) is 7.84. The summed E-state index contributed by atoms with van der Waals surface area (Å²) in [6.07, 6.45) is 0.801. The van der Waals surface area contributed by atoms with Gasteiger partial charge in [-0.25, -0.2) is 4.98 Å². The second-order valence-corrected chi connectivity index (χ2v) is 9.14. The Balaban J connectivity index is 1.92. The number of rotatable bonds is 7. The molecule has 1 N–H and O–H groups in total. The molecule has 0 aliphatic rings. The van der Waals surface area contributed by atoms with Crippen LogP contribution in [-0.2, 0) is 4.79 Å². The topological polar surface area (TPSA) is 64.0 Å². The van der Waals surface area contributed by atoms with Gasteiger partial charge < -0.3 is 5.32 Å². The number of thioether (sulfide) groups is 1. The number of hydrogen-bond donors (Lipinski definition) is 1. The van der Waals surface area contributed by atoms with Crippen molar-refractivity contribution in [2.75, 3.05) is 5.32 Å². The summed E-state index contributed by atoms with van der Waals surface area (Å²) in [5.74, 6) is 0.202. The van der Waals surface area contributed by atoms with Gasteiger partial charge in [0.15, 0.2) is 5.16 Å². The number of para-hydroxylation sites is 2. The van der Waals surface area contributed by atoms with Gasteiger partial charge in [-0.1, -0.05) is 62.9 Å². The molecule has 0 spiro atoms. The first-order valence-electron chi connectivity index (χ1n) is 10.4. The number of fused-ring (bicyclic) bond motifs is 1. The van der Waals surface area contributed by atoms with Crippen LogP contribution in [0.2, 0.25) is 0 Å². The van der Waals surface area contributed by atoms with Crippen LogP contribution in [0.3, 0.4) is 0 Å². The molecular formula is C24H29N3O2S. The van der Waals surface area contributed by atoms with Crippen molar-refractivity contribution in [2.45, 2.75) is 63.4 Å². The minimum absolute atomic E-state index is 0.00552. The standard InChI is InChI=1S/C24H29N3O2S/c1-6-16(4)27-23(29)19-12-8-10-14-21(19)26-24(27)30-17(5)22(28)25-20-13-9-7-11-18(20)15(2)3/h7-17H,6H2,1-5H3,(H,25,28). The predicted molar refractivity (Wildman–Crippen MR) is 125 cm³/mol. The highest BCUT2D eigenvalue weighted by Crippen LogP contribution is 2.28. The highest BCUT2D eigenvalue weighted by atomic mass is 32.2. The van der Waals surface area contributed by atoms with E-state index in [0.717, 1.165) is 17.7 Å². The maximum atomic E-state index is 13.1. The summed E-state index contributed by atoms with van der Waals surface area (Å²) >= 11 is 1.32. The molecule has 2 aromatic carbocycles. The van der Waals surface area contributed by atoms with E-state index in [1.807, 2.05) is 63.2 Å². The van der Waals surface area contributed by atoms with Gasteiger partial charge in [-0.05, 0) is 49.9 Å². The Morgan fingerprint density at radius 3 is 2.43 bits per heavy atom. The maximum absolute atomic E-state index is 13.1. The summed E-state index contributed by atoms with van der Waals surface area (Å²) in [6, 6.07) is 15.2. The zero-order valence-corrected chi connectivity index (χ0v) is 19.0. The van der Waals surface area contributed by atoms with Crippen LogP contribution < -0.4 is 10.9 Å². The molecule has 158 valence electrons. The fraction of sp³-hybridized carbons (Fsp3) is 0.375. The molecule has 0 aliphatic carbocycles. The molecule has 0 aliphatic heterocycles. The maximum Gasteiger partial charge on any atom is 0.262 e. The molecule has 0 fully saturated rings. The fourth-order valence-corrected chi connectivity index (χ4v) is 4.35. The molecule has 0 saturated carbocycles. The van der Waals surface area contributed by atoms with Gasteiger partial charge in [0, 0.05) is 11.7 Å². The average Bonchev–Trinajstić information content (AvgIpc) is 2.73. The van der Waals surface area contributed by atoms with E-state index >= 15 is 0 Å². The van der Waals surface area contributed by atoms with Crippen molar-refractivity contribution in [3.63, 3.8) is 0 Å². The molecule has 1 aromatic heterocycles. The quantitative estimate of drug-likeness (QED) is 0.396. The van der Waals surface area contributed by atoms with Crippen LogP contribution in [0.1, 0.15) is 58.6 Å². The molecule has 1 heterocycles. The van der Waals surface area contributed by atoms with Crippen LogP contribution in [-0.4, -0.2) is 20.7 Å². The molecule has 0 radical (unpaired) electrons. The molecule has 2 atom stereocenters. The second kappa shape index (κ2) is 9.47. The third-order valence-corrected chi connectivity index (χ3v) is 6.37. The minimum atomic E-state index is -0.409. The molecule has 3 rings (SSSR count). The lowest BCUT2D eigenvalue weighted by molar-refractivity contribution is -0.115. The highest BCUT2D eigenvalue weighted by Gasteiger charge is 2.22. The van der Waals surface area contributed by atoms with Crippen LogP contribution in [0.5, 0.6) is 0 Å². The Hall–Kier alpha value is -2.60. The van der Waals surface area contributed by atoms with E-state index in [2.05, 4.69) is 19.2 Å². The van der Waals surface area contributed by atoms with Crippen LogP contribution in [0.15, 0.2) is 58.5 Å². The summed E-state index contributed by atoms with van der Waals surface area (Å²) in [6.45, 7) is 10.1. The molecule has 30 heavy (non-hydrogen) atoms. The van der Waals surface area contributed by atoms with E-state index in [-0.39, 0.29) is 17.5 Å². The number of carbonyl (C=O) groups excluding carboxylic acids is 1. The van der Waals surface area contributed by atoms with Crippen molar-refractivity contribution in [3.05, 3.63) is 64.4 Å². The Morgan fingerprint density at radius 1 is 1.07 bits per heavy atom. The molecule has 6 heteroatoms. The van der Waals surface area contributed by atoms with Crippen LogP contribution in [0.4, 0.5) is 5.69 Å². The largest absolute Gasteiger partial charge is 0.325 e. The normalized spacial score (nSPS) is 13.4.